The number of allylic oxidation sites excluding steroid dienone is 1. The smallest absolute Gasteiger partial charge is 0.257 e. The van der Waals surface area contributed by atoms with E-state index in [-0.39, 0.29) is 17.3 Å². The first kappa shape index (κ1) is 17.8. The quantitative estimate of drug-likeness (QED) is 0.602. The predicted molar refractivity (Wildman–Crippen MR) is 102 cm³/mol. The van der Waals surface area contributed by atoms with E-state index in [2.05, 4.69) is 31.3 Å². The van der Waals surface area contributed by atoms with Crippen molar-refractivity contribution in [2.45, 2.75) is 13.8 Å². The molecule has 0 aliphatic carbocycles. The number of aromatic amines is 1. The maximum Gasteiger partial charge on any atom is 0.257 e. The number of hydrogen-bond donors (Lipinski definition) is 3. The van der Waals surface area contributed by atoms with Gasteiger partial charge in [0.1, 0.15) is 11.6 Å². The van der Waals surface area contributed by atoms with Gasteiger partial charge >= 0.3 is 0 Å². The lowest BCUT2D eigenvalue weighted by molar-refractivity contribution is 0.102. The average molecular weight is 359 g/mol. The number of aryl methyl sites for hydroxylation is 1. The first-order chi connectivity index (χ1) is 13.1. The maximum absolute atomic E-state index is 12.8. The monoisotopic (exact) mass is 359 g/mol. The summed E-state index contributed by atoms with van der Waals surface area (Å²) in [7, 11) is 0. The first-order valence-corrected chi connectivity index (χ1v) is 8.17. The number of nitriles is 1. The second-order valence-electron chi connectivity index (χ2n) is 5.80. The van der Waals surface area contributed by atoms with Crippen molar-refractivity contribution in [1.29, 1.82) is 5.26 Å². The highest BCUT2D eigenvalue weighted by molar-refractivity contribution is 6.08. The van der Waals surface area contributed by atoms with Crippen LogP contribution in [0, 0.1) is 25.2 Å². The third-order valence-electron chi connectivity index (χ3n) is 4.10. The van der Waals surface area contributed by atoms with Gasteiger partial charge in [-0.05, 0) is 48.4 Å². The van der Waals surface area contributed by atoms with E-state index in [1.165, 1.54) is 6.20 Å². The maximum atomic E-state index is 12.8. The minimum Gasteiger partial charge on any atom is -0.360 e. The van der Waals surface area contributed by atoms with E-state index in [0.29, 0.717) is 11.3 Å². The molecule has 0 aliphatic heterocycles. The van der Waals surface area contributed by atoms with Crippen LogP contribution in [-0.2, 0) is 0 Å². The summed E-state index contributed by atoms with van der Waals surface area (Å²) in [6.45, 7) is 3.95. The zero-order chi connectivity index (χ0) is 19.2. The minimum atomic E-state index is -0.252. The molecule has 8 heteroatoms. The number of hydrogen-bond acceptors (Lipinski definition) is 6. The largest absolute Gasteiger partial charge is 0.360 e. The van der Waals surface area contributed by atoms with E-state index in [9.17, 15) is 10.1 Å². The molecule has 0 aliphatic rings. The van der Waals surface area contributed by atoms with Gasteiger partial charge in [0.25, 0.3) is 5.91 Å². The number of tetrazole rings is 1. The predicted octanol–water partition coefficient (Wildman–Crippen LogP) is 3.05. The van der Waals surface area contributed by atoms with Gasteiger partial charge in [-0.3, -0.25) is 4.79 Å². The number of benzene rings is 2. The van der Waals surface area contributed by atoms with Crippen LogP contribution in [0.15, 0.2) is 48.7 Å². The molecule has 1 heterocycles. The lowest BCUT2D eigenvalue weighted by Crippen LogP contribution is -2.14. The van der Waals surface area contributed by atoms with Crippen molar-refractivity contribution in [3.63, 3.8) is 0 Å². The number of para-hydroxylation sites is 1. The highest BCUT2D eigenvalue weighted by Gasteiger charge is 2.13. The van der Waals surface area contributed by atoms with E-state index in [4.69, 9.17) is 0 Å². The molecule has 3 rings (SSSR count). The van der Waals surface area contributed by atoms with E-state index in [0.717, 1.165) is 16.8 Å². The van der Waals surface area contributed by atoms with Crippen molar-refractivity contribution in [2.24, 2.45) is 0 Å². The lowest BCUT2D eigenvalue weighted by atomic mass is 10.1. The molecule has 0 saturated heterocycles. The standard InChI is InChI=1S/C19H17N7O/c1-12-6-5-9-16(13(12)2)22-19(27)15-7-3-4-8-17(15)21-11-14(10-20)18-23-25-26-24-18/h3-9,11,21H,1-2H3,(H,22,27)(H,23,24,25,26). The van der Waals surface area contributed by atoms with Crippen LogP contribution in [0.3, 0.4) is 0 Å². The Bertz CT molecular complexity index is 1030. The number of nitrogens with zero attached hydrogens (tertiary/aromatic N) is 4. The van der Waals surface area contributed by atoms with Gasteiger partial charge in [0, 0.05) is 11.9 Å². The summed E-state index contributed by atoms with van der Waals surface area (Å²) in [5.41, 5.74) is 4.06. The van der Waals surface area contributed by atoms with E-state index >= 15 is 0 Å². The summed E-state index contributed by atoms with van der Waals surface area (Å²) in [5.74, 6) is -0.0828. The molecule has 3 N–H and O–H groups in total. The fourth-order valence-electron chi connectivity index (χ4n) is 2.46. The summed E-state index contributed by atoms with van der Waals surface area (Å²) in [4.78, 5) is 12.8. The molecule has 0 atom stereocenters. The zero-order valence-corrected chi connectivity index (χ0v) is 14.8. The Morgan fingerprint density at radius 1 is 1.15 bits per heavy atom. The van der Waals surface area contributed by atoms with Crippen molar-refractivity contribution in [3.8, 4) is 6.07 Å². The Morgan fingerprint density at radius 2 is 1.93 bits per heavy atom. The molecule has 1 amide bonds. The van der Waals surface area contributed by atoms with E-state index in [1.54, 1.807) is 24.3 Å². The molecule has 0 spiro atoms. The average Bonchev–Trinajstić information content (AvgIpc) is 3.21. The third-order valence-corrected chi connectivity index (χ3v) is 4.10. The minimum absolute atomic E-state index is 0.169. The Kier molecular flexibility index (Phi) is 5.23. The number of anilines is 2. The van der Waals surface area contributed by atoms with Gasteiger partial charge < -0.3 is 10.6 Å². The van der Waals surface area contributed by atoms with Gasteiger partial charge in [-0.1, -0.05) is 24.3 Å². The molecule has 27 heavy (non-hydrogen) atoms. The van der Waals surface area contributed by atoms with Crippen LogP contribution in [0.4, 0.5) is 11.4 Å². The van der Waals surface area contributed by atoms with Gasteiger partial charge in [-0.25, -0.2) is 0 Å². The van der Waals surface area contributed by atoms with Gasteiger partial charge in [0.2, 0.25) is 5.82 Å². The molecule has 134 valence electrons. The molecule has 2 aromatic carbocycles. The van der Waals surface area contributed by atoms with Crippen LogP contribution in [0.2, 0.25) is 0 Å². The second-order valence-corrected chi connectivity index (χ2v) is 5.80. The Hall–Kier alpha value is -3.99. The van der Waals surface area contributed by atoms with Crippen molar-refractivity contribution in [2.75, 3.05) is 10.6 Å². The molecule has 0 radical (unpaired) electrons. The summed E-state index contributed by atoms with van der Waals surface area (Å²) >= 11 is 0. The molecule has 0 unspecified atom stereocenters. The van der Waals surface area contributed by atoms with Crippen LogP contribution < -0.4 is 10.6 Å². The molecule has 0 fully saturated rings. The number of nitrogens with one attached hydrogen (secondary N) is 3. The summed E-state index contributed by atoms with van der Waals surface area (Å²) in [5, 5.41) is 28.4. The Morgan fingerprint density at radius 3 is 2.67 bits per heavy atom. The van der Waals surface area contributed by atoms with Gasteiger partial charge in [-0.15, -0.1) is 10.2 Å². The van der Waals surface area contributed by atoms with Crippen LogP contribution in [-0.4, -0.2) is 26.5 Å². The third kappa shape index (κ3) is 3.99. The number of carbonyl (C=O) groups is 1. The van der Waals surface area contributed by atoms with Gasteiger partial charge in [0.05, 0.1) is 11.3 Å². The summed E-state index contributed by atoms with van der Waals surface area (Å²) < 4.78 is 0. The van der Waals surface area contributed by atoms with Crippen molar-refractivity contribution in [3.05, 3.63) is 71.2 Å². The topological polar surface area (TPSA) is 119 Å². The number of amides is 1. The summed E-state index contributed by atoms with van der Waals surface area (Å²) in [6.07, 6.45) is 1.44. The zero-order valence-electron chi connectivity index (χ0n) is 14.8. The van der Waals surface area contributed by atoms with E-state index in [1.807, 2.05) is 38.1 Å². The molecule has 1 aromatic heterocycles. The van der Waals surface area contributed by atoms with Crippen molar-refractivity contribution >= 4 is 22.9 Å². The number of carbonyl (C=O) groups excluding carboxylic acids is 1. The molecule has 0 saturated carbocycles. The van der Waals surface area contributed by atoms with Gasteiger partial charge in [0.15, 0.2) is 0 Å². The fraction of sp³-hybridized carbons (Fsp3) is 0.105. The Balaban J connectivity index is 1.84. The summed E-state index contributed by atoms with van der Waals surface area (Å²) in [6, 6.07) is 14.8. The van der Waals surface area contributed by atoms with E-state index < -0.39 is 0 Å². The second kappa shape index (κ2) is 7.93. The molecule has 3 aromatic rings. The molecular formula is C19H17N7O. The van der Waals surface area contributed by atoms with Gasteiger partial charge in [-0.2, -0.15) is 10.5 Å². The Labute approximate surface area is 155 Å². The highest BCUT2D eigenvalue weighted by Crippen LogP contribution is 2.22. The van der Waals surface area contributed by atoms with Crippen LogP contribution in [0.25, 0.3) is 5.57 Å². The molecule has 0 bridgehead atoms. The van der Waals surface area contributed by atoms with Crippen LogP contribution in [0.5, 0.6) is 0 Å². The fourth-order valence-corrected chi connectivity index (χ4v) is 2.46. The normalized spacial score (nSPS) is 10.9. The van der Waals surface area contributed by atoms with Crippen LogP contribution in [0.1, 0.15) is 27.3 Å². The number of H-pyrrole nitrogens is 1. The van der Waals surface area contributed by atoms with Crippen LogP contribution >= 0.6 is 0 Å². The molecule has 8 nitrogen and oxygen atoms in total. The lowest BCUT2D eigenvalue weighted by Gasteiger charge is -2.13. The number of rotatable bonds is 5. The number of aromatic nitrogens is 4. The SMILES string of the molecule is Cc1cccc(NC(=O)c2ccccc2NC=C(C#N)c2nn[nH]n2)c1C. The van der Waals surface area contributed by atoms with Crippen molar-refractivity contribution in [1.82, 2.24) is 20.6 Å². The first-order valence-electron chi connectivity index (χ1n) is 8.17. The molecular weight excluding hydrogens is 342 g/mol. The highest BCUT2D eigenvalue weighted by atomic mass is 16.1. The van der Waals surface area contributed by atoms with Crippen molar-refractivity contribution < 1.29 is 4.79 Å².